The molecule has 0 aliphatic rings. The summed E-state index contributed by atoms with van der Waals surface area (Å²) >= 11 is 9.68. The Hall–Kier alpha value is -0.990. The fourth-order valence-electron chi connectivity index (χ4n) is 1.98. The molecular formula is C16H17BrClN. The van der Waals surface area contributed by atoms with Gasteiger partial charge in [0, 0.05) is 28.8 Å². The third kappa shape index (κ3) is 3.74. The van der Waals surface area contributed by atoms with E-state index < -0.39 is 0 Å². The fraction of sp³-hybridized carbons (Fsp3) is 0.250. The number of halogens is 2. The summed E-state index contributed by atoms with van der Waals surface area (Å²) in [5, 5.41) is 0.798. The van der Waals surface area contributed by atoms with Crippen LogP contribution in [0.5, 0.6) is 0 Å². The van der Waals surface area contributed by atoms with Crippen molar-refractivity contribution in [3.63, 3.8) is 0 Å². The summed E-state index contributed by atoms with van der Waals surface area (Å²) in [6, 6.07) is 14.7. The average molecular weight is 339 g/mol. The normalized spacial score (nSPS) is 10.5. The van der Waals surface area contributed by atoms with Gasteiger partial charge >= 0.3 is 0 Å². The summed E-state index contributed by atoms with van der Waals surface area (Å²) in [5.41, 5.74) is 3.70. The van der Waals surface area contributed by atoms with Crippen molar-refractivity contribution in [3.05, 3.63) is 63.1 Å². The maximum absolute atomic E-state index is 6.25. The number of aryl methyl sites for hydroxylation is 1. The fourth-order valence-corrected chi connectivity index (χ4v) is 2.72. The third-order valence-corrected chi connectivity index (χ3v) is 4.05. The van der Waals surface area contributed by atoms with Gasteiger partial charge in [0.1, 0.15) is 0 Å². The van der Waals surface area contributed by atoms with E-state index in [0.717, 1.165) is 28.0 Å². The van der Waals surface area contributed by atoms with Crippen LogP contribution in [0.2, 0.25) is 5.02 Å². The summed E-state index contributed by atoms with van der Waals surface area (Å²) in [5.74, 6) is 0. The second kappa shape index (κ2) is 6.44. The van der Waals surface area contributed by atoms with Crippen molar-refractivity contribution < 1.29 is 0 Å². The third-order valence-electron chi connectivity index (χ3n) is 3.21. The average Bonchev–Trinajstić information content (AvgIpc) is 2.42. The highest BCUT2D eigenvalue weighted by Gasteiger charge is 2.06. The molecule has 1 nitrogen and oxygen atoms in total. The number of anilines is 1. The second-order valence-corrected chi connectivity index (χ2v) is 5.93. The monoisotopic (exact) mass is 337 g/mol. The van der Waals surface area contributed by atoms with Gasteiger partial charge in [-0.2, -0.15) is 0 Å². The minimum absolute atomic E-state index is 0.798. The van der Waals surface area contributed by atoms with Crippen molar-refractivity contribution in [2.75, 3.05) is 11.9 Å². The van der Waals surface area contributed by atoms with Crippen LogP contribution in [0.15, 0.2) is 46.9 Å². The van der Waals surface area contributed by atoms with E-state index >= 15 is 0 Å². The topological polar surface area (TPSA) is 3.24 Å². The summed E-state index contributed by atoms with van der Waals surface area (Å²) in [4.78, 5) is 2.20. The Bertz CT molecular complexity index is 551. The van der Waals surface area contributed by atoms with Gasteiger partial charge in [-0.05, 0) is 41.8 Å². The number of benzene rings is 2. The smallest absolute Gasteiger partial charge is 0.0467 e. The molecule has 0 bridgehead atoms. The molecule has 0 N–H and O–H groups in total. The van der Waals surface area contributed by atoms with Gasteiger partial charge in [-0.3, -0.25) is 0 Å². The van der Waals surface area contributed by atoms with Crippen molar-refractivity contribution in [2.24, 2.45) is 0 Å². The molecule has 0 saturated heterocycles. The van der Waals surface area contributed by atoms with Crippen molar-refractivity contribution in [3.8, 4) is 0 Å². The van der Waals surface area contributed by atoms with Gasteiger partial charge < -0.3 is 4.90 Å². The van der Waals surface area contributed by atoms with Crippen molar-refractivity contribution in [1.29, 1.82) is 0 Å². The van der Waals surface area contributed by atoms with Gasteiger partial charge in [0.2, 0.25) is 0 Å². The first kappa shape index (κ1) is 14.4. The van der Waals surface area contributed by atoms with Crippen LogP contribution >= 0.6 is 27.5 Å². The van der Waals surface area contributed by atoms with Gasteiger partial charge in [0.15, 0.2) is 0 Å². The van der Waals surface area contributed by atoms with Gasteiger partial charge in [-0.25, -0.2) is 0 Å². The Morgan fingerprint density at radius 1 is 1.11 bits per heavy atom. The van der Waals surface area contributed by atoms with E-state index in [2.05, 4.69) is 65.1 Å². The lowest BCUT2D eigenvalue weighted by Crippen LogP contribution is -2.16. The van der Waals surface area contributed by atoms with Crippen LogP contribution in [0, 0.1) is 0 Å². The van der Waals surface area contributed by atoms with Crippen molar-refractivity contribution in [1.82, 2.24) is 0 Å². The molecule has 0 saturated carbocycles. The highest BCUT2D eigenvalue weighted by molar-refractivity contribution is 9.10. The quantitative estimate of drug-likeness (QED) is 0.731. The first-order chi connectivity index (χ1) is 9.10. The van der Waals surface area contributed by atoms with E-state index in [1.165, 1.54) is 11.3 Å². The molecule has 0 aromatic heterocycles. The zero-order valence-corrected chi connectivity index (χ0v) is 13.5. The molecule has 2 aromatic carbocycles. The molecule has 100 valence electrons. The van der Waals surface area contributed by atoms with Crippen LogP contribution in [0.4, 0.5) is 5.69 Å². The van der Waals surface area contributed by atoms with Crippen LogP contribution in [-0.4, -0.2) is 7.05 Å². The zero-order valence-electron chi connectivity index (χ0n) is 11.2. The summed E-state index contributed by atoms with van der Waals surface area (Å²) in [6.45, 7) is 2.97. The van der Waals surface area contributed by atoms with Gasteiger partial charge in [-0.1, -0.05) is 52.7 Å². The first-order valence-electron chi connectivity index (χ1n) is 6.34. The molecule has 0 unspecified atom stereocenters. The lowest BCUT2D eigenvalue weighted by atomic mass is 10.1. The highest BCUT2D eigenvalue weighted by atomic mass is 79.9. The van der Waals surface area contributed by atoms with E-state index in [1.807, 2.05) is 12.1 Å². The number of hydrogen-bond donors (Lipinski definition) is 0. The Labute approximate surface area is 128 Å². The van der Waals surface area contributed by atoms with E-state index in [9.17, 15) is 0 Å². The largest absolute Gasteiger partial charge is 0.370 e. The van der Waals surface area contributed by atoms with Gasteiger partial charge in [0.05, 0.1) is 0 Å². The minimum atomic E-state index is 0.798. The minimum Gasteiger partial charge on any atom is -0.370 e. The van der Waals surface area contributed by atoms with Gasteiger partial charge in [0.25, 0.3) is 0 Å². The zero-order chi connectivity index (χ0) is 13.8. The molecule has 0 aliphatic heterocycles. The standard InChI is InChI=1S/C16H17BrClN/c1-3-12-4-8-15(9-5-12)19(2)11-13-6-7-14(17)10-16(13)18/h4-10H,3,11H2,1-2H3. The predicted octanol–water partition coefficient (Wildman–Crippen LogP) is 5.30. The van der Waals surface area contributed by atoms with E-state index in [0.29, 0.717) is 0 Å². The maximum Gasteiger partial charge on any atom is 0.0467 e. The Morgan fingerprint density at radius 2 is 1.79 bits per heavy atom. The van der Waals surface area contributed by atoms with Crippen molar-refractivity contribution in [2.45, 2.75) is 19.9 Å². The Kier molecular flexibility index (Phi) is 4.89. The molecule has 2 rings (SSSR count). The summed E-state index contributed by atoms with van der Waals surface area (Å²) in [7, 11) is 2.08. The maximum atomic E-state index is 6.25. The molecule has 2 aromatic rings. The number of nitrogens with zero attached hydrogens (tertiary/aromatic N) is 1. The second-order valence-electron chi connectivity index (χ2n) is 4.61. The molecule has 0 heterocycles. The first-order valence-corrected chi connectivity index (χ1v) is 7.51. The highest BCUT2D eigenvalue weighted by Crippen LogP contribution is 2.24. The van der Waals surface area contributed by atoms with E-state index in [1.54, 1.807) is 0 Å². The molecule has 19 heavy (non-hydrogen) atoms. The van der Waals surface area contributed by atoms with Crippen LogP contribution in [0.25, 0.3) is 0 Å². The van der Waals surface area contributed by atoms with Crippen LogP contribution in [0.1, 0.15) is 18.1 Å². The molecule has 0 aliphatic carbocycles. The Balaban J connectivity index is 2.13. The number of hydrogen-bond acceptors (Lipinski definition) is 1. The molecule has 0 fully saturated rings. The summed E-state index contributed by atoms with van der Waals surface area (Å²) in [6.07, 6.45) is 1.07. The van der Waals surface area contributed by atoms with E-state index in [-0.39, 0.29) is 0 Å². The molecular weight excluding hydrogens is 322 g/mol. The molecule has 0 atom stereocenters. The van der Waals surface area contributed by atoms with E-state index in [4.69, 9.17) is 11.6 Å². The molecule has 0 amide bonds. The summed E-state index contributed by atoms with van der Waals surface area (Å²) < 4.78 is 1.01. The van der Waals surface area contributed by atoms with Crippen molar-refractivity contribution >= 4 is 33.2 Å². The van der Waals surface area contributed by atoms with Crippen LogP contribution in [-0.2, 0) is 13.0 Å². The van der Waals surface area contributed by atoms with Gasteiger partial charge in [-0.15, -0.1) is 0 Å². The van der Waals surface area contributed by atoms with Crippen LogP contribution in [0.3, 0.4) is 0 Å². The predicted molar refractivity (Wildman–Crippen MR) is 87.1 cm³/mol. The lowest BCUT2D eigenvalue weighted by molar-refractivity contribution is 0.921. The van der Waals surface area contributed by atoms with Crippen LogP contribution < -0.4 is 4.90 Å². The Morgan fingerprint density at radius 3 is 2.37 bits per heavy atom. The molecule has 0 spiro atoms. The SMILES string of the molecule is CCc1ccc(N(C)Cc2ccc(Br)cc2Cl)cc1. The lowest BCUT2D eigenvalue weighted by Gasteiger charge is -2.20. The number of rotatable bonds is 4. The molecule has 3 heteroatoms. The molecule has 0 radical (unpaired) electrons.